The van der Waals surface area contributed by atoms with Gasteiger partial charge in [0.2, 0.25) is 5.91 Å². The highest BCUT2D eigenvalue weighted by Gasteiger charge is 2.28. The van der Waals surface area contributed by atoms with Crippen LogP contribution in [0, 0.1) is 5.82 Å². The number of methoxy groups -OCH3 is 1. The Bertz CT molecular complexity index is 1010. The van der Waals surface area contributed by atoms with Crippen LogP contribution in [0.2, 0.25) is 0 Å². The summed E-state index contributed by atoms with van der Waals surface area (Å²) in [4.78, 5) is 23.9. The molecule has 2 aromatic carbocycles. The molecule has 154 valence electrons. The van der Waals surface area contributed by atoms with Gasteiger partial charge >= 0.3 is 0 Å². The number of carbonyl (C=O) groups excluding carboxylic acids is 1. The Morgan fingerprint density at radius 2 is 1.83 bits per heavy atom. The summed E-state index contributed by atoms with van der Waals surface area (Å²) in [5.41, 5.74) is 3.42. The predicted molar refractivity (Wildman–Crippen MR) is 113 cm³/mol. The lowest BCUT2D eigenvalue weighted by Crippen LogP contribution is -2.40. The van der Waals surface area contributed by atoms with Gasteiger partial charge in [-0.3, -0.25) is 14.8 Å². The molecule has 6 heteroatoms. The Morgan fingerprint density at radius 3 is 2.57 bits per heavy atom. The maximum absolute atomic E-state index is 13.3. The summed E-state index contributed by atoms with van der Waals surface area (Å²) in [7, 11) is 1.63. The van der Waals surface area contributed by atoms with Crippen molar-refractivity contribution in [2.75, 3.05) is 20.2 Å². The van der Waals surface area contributed by atoms with Gasteiger partial charge in [0, 0.05) is 37.0 Å². The fraction of sp³-hybridized carbons (Fsp3) is 0.292. The lowest BCUT2D eigenvalue weighted by Gasteiger charge is -2.33. The minimum atomic E-state index is -0.280. The molecule has 1 aromatic heterocycles. The maximum atomic E-state index is 13.3. The van der Waals surface area contributed by atoms with Crippen LogP contribution in [-0.2, 0) is 11.2 Å². The number of carbonyl (C=O) groups is 1. The zero-order valence-electron chi connectivity index (χ0n) is 16.9. The van der Waals surface area contributed by atoms with Gasteiger partial charge in [-0.25, -0.2) is 4.39 Å². The topological polar surface area (TPSA) is 55.3 Å². The molecule has 0 N–H and O–H groups in total. The standard InChI is InChI=1S/C24H24FN3O2/c1-30-21-10-4-17(5-11-21)15-22(29)28-14-2-3-19(16-28)24-23(26-12-13-27-24)18-6-8-20(25)9-7-18/h4-13,19H,2-3,14-16H2,1H3. The molecule has 0 spiro atoms. The quantitative estimate of drug-likeness (QED) is 0.637. The van der Waals surface area contributed by atoms with Gasteiger partial charge in [0.25, 0.3) is 0 Å². The Morgan fingerprint density at radius 1 is 1.10 bits per heavy atom. The van der Waals surface area contributed by atoms with E-state index >= 15 is 0 Å². The van der Waals surface area contributed by atoms with Crippen molar-refractivity contribution in [3.05, 3.63) is 78.0 Å². The molecule has 1 fully saturated rings. The van der Waals surface area contributed by atoms with Gasteiger partial charge in [0.05, 0.1) is 24.9 Å². The van der Waals surface area contributed by atoms with Crippen LogP contribution in [0.4, 0.5) is 4.39 Å². The van der Waals surface area contributed by atoms with Crippen LogP contribution >= 0.6 is 0 Å². The van der Waals surface area contributed by atoms with Crippen molar-refractivity contribution >= 4 is 5.91 Å². The second-order valence-corrected chi connectivity index (χ2v) is 7.50. The van der Waals surface area contributed by atoms with E-state index in [1.807, 2.05) is 29.2 Å². The molecule has 1 unspecified atom stereocenters. The van der Waals surface area contributed by atoms with E-state index in [2.05, 4.69) is 9.97 Å². The third-order valence-corrected chi connectivity index (χ3v) is 5.52. The lowest BCUT2D eigenvalue weighted by molar-refractivity contribution is -0.131. The first-order valence-electron chi connectivity index (χ1n) is 10.1. The third-order valence-electron chi connectivity index (χ3n) is 5.52. The molecule has 1 aliphatic heterocycles. The van der Waals surface area contributed by atoms with E-state index in [0.29, 0.717) is 13.0 Å². The Balaban J connectivity index is 1.50. The smallest absolute Gasteiger partial charge is 0.227 e. The van der Waals surface area contributed by atoms with Gasteiger partial charge in [-0.2, -0.15) is 0 Å². The minimum absolute atomic E-state index is 0.104. The number of ether oxygens (including phenoxy) is 1. The summed E-state index contributed by atoms with van der Waals surface area (Å²) < 4.78 is 18.5. The number of rotatable bonds is 5. The lowest BCUT2D eigenvalue weighted by atomic mass is 9.91. The Kier molecular flexibility index (Phi) is 6.02. The number of amides is 1. The first-order valence-corrected chi connectivity index (χ1v) is 10.1. The van der Waals surface area contributed by atoms with Crippen LogP contribution in [0.25, 0.3) is 11.3 Å². The van der Waals surface area contributed by atoms with Crippen molar-refractivity contribution in [3.8, 4) is 17.0 Å². The first kappa shape index (κ1) is 20.0. The SMILES string of the molecule is COc1ccc(CC(=O)N2CCCC(c3nccnc3-c3ccc(F)cc3)C2)cc1. The molecule has 1 aliphatic rings. The van der Waals surface area contributed by atoms with Crippen LogP contribution < -0.4 is 4.74 Å². The molecule has 30 heavy (non-hydrogen) atoms. The summed E-state index contributed by atoms with van der Waals surface area (Å²) in [6.07, 6.45) is 5.55. The van der Waals surface area contributed by atoms with Crippen LogP contribution in [0.5, 0.6) is 5.75 Å². The number of aromatic nitrogens is 2. The van der Waals surface area contributed by atoms with Crippen molar-refractivity contribution in [3.63, 3.8) is 0 Å². The van der Waals surface area contributed by atoms with Gasteiger partial charge in [-0.05, 0) is 54.8 Å². The van der Waals surface area contributed by atoms with Gasteiger partial charge in [-0.15, -0.1) is 0 Å². The van der Waals surface area contributed by atoms with E-state index in [4.69, 9.17) is 4.74 Å². The van der Waals surface area contributed by atoms with Crippen molar-refractivity contribution in [2.24, 2.45) is 0 Å². The molecule has 0 bridgehead atoms. The summed E-state index contributed by atoms with van der Waals surface area (Å²) in [5.74, 6) is 0.710. The van der Waals surface area contributed by atoms with E-state index in [9.17, 15) is 9.18 Å². The Labute approximate surface area is 175 Å². The monoisotopic (exact) mass is 405 g/mol. The number of likely N-dealkylation sites (tertiary alicyclic amines) is 1. The largest absolute Gasteiger partial charge is 0.497 e. The fourth-order valence-corrected chi connectivity index (χ4v) is 3.93. The molecule has 0 aliphatic carbocycles. The van der Waals surface area contributed by atoms with E-state index < -0.39 is 0 Å². The Hall–Kier alpha value is -3.28. The molecule has 3 aromatic rings. The van der Waals surface area contributed by atoms with Gasteiger partial charge < -0.3 is 9.64 Å². The van der Waals surface area contributed by atoms with Gasteiger partial charge in [0.15, 0.2) is 0 Å². The molecule has 2 heterocycles. The van der Waals surface area contributed by atoms with E-state index in [1.165, 1.54) is 12.1 Å². The number of hydrogen-bond donors (Lipinski definition) is 0. The second-order valence-electron chi connectivity index (χ2n) is 7.50. The zero-order chi connectivity index (χ0) is 20.9. The van der Waals surface area contributed by atoms with Crippen molar-refractivity contribution in [1.82, 2.24) is 14.9 Å². The normalized spacial score (nSPS) is 16.3. The number of hydrogen-bond acceptors (Lipinski definition) is 4. The summed E-state index contributed by atoms with van der Waals surface area (Å²) in [5, 5.41) is 0. The highest BCUT2D eigenvalue weighted by Crippen LogP contribution is 2.32. The molecule has 0 radical (unpaired) electrons. The van der Waals surface area contributed by atoms with Crippen LogP contribution in [0.1, 0.15) is 30.0 Å². The van der Waals surface area contributed by atoms with Gasteiger partial charge in [0.1, 0.15) is 11.6 Å². The van der Waals surface area contributed by atoms with E-state index in [-0.39, 0.29) is 17.6 Å². The molecular weight excluding hydrogens is 381 g/mol. The molecule has 1 atom stereocenters. The zero-order valence-corrected chi connectivity index (χ0v) is 16.9. The van der Waals surface area contributed by atoms with Crippen molar-refractivity contribution in [1.29, 1.82) is 0 Å². The van der Waals surface area contributed by atoms with Crippen LogP contribution in [0.15, 0.2) is 60.9 Å². The van der Waals surface area contributed by atoms with E-state index in [1.54, 1.807) is 31.6 Å². The molecule has 5 nitrogen and oxygen atoms in total. The highest BCUT2D eigenvalue weighted by atomic mass is 19.1. The third kappa shape index (κ3) is 4.48. The van der Waals surface area contributed by atoms with Gasteiger partial charge in [-0.1, -0.05) is 12.1 Å². The predicted octanol–water partition coefficient (Wildman–Crippen LogP) is 4.24. The van der Waals surface area contributed by atoms with Crippen molar-refractivity contribution in [2.45, 2.75) is 25.2 Å². The maximum Gasteiger partial charge on any atom is 0.227 e. The number of piperidine rings is 1. The number of nitrogens with zero attached hydrogens (tertiary/aromatic N) is 3. The molecule has 4 rings (SSSR count). The van der Waals surface area contributed by atoms with E-state index in [0.717, 1.165) is 47.7 Å². The highest BCUT2D eigenvalue weighted by molar-refractivity contribution is 5.79. The van der Waals surface area contributed by atoms with Crippen LogP contribution in [0.3, 0.4) is 0 Å². The summed E-state index contributed by atoms with van der Waals surface area (Å²) in [6, 6.07) is 13.9. The fourth-order valence-electron chi connectivity index (χ4n) is 3.93. The average molecular weight is 405 g/mol. The van der Waals surface area contributed by atoms with Crippen LogP contribution in [-0.4, -0.2) is 41.0 Å². The summed E-state index contributed by atoms with van der Waals surface area (Å²) in [6.45, 7) is 1.36. The molecule has 0 saturated carbocycles. The summed E-state index contributed by atoms with van der Waals surface area (Å²) >= 11 is 0. The van der Waals surface area contributed by atoms with Crippen molar-refractivity contribution < 1.29 is 13.9 Å². The minimum Gasteiger partial charge on any atom is -0.497 e. The second kappa shape index (κ2) is 9.03. The molecule has 1 amide bonds. The first-order chi connectivity index (χ1) is 14.6. The number of benzene rings is 2. The molecule has 1 saturated heterocycles. The number of halogens is 1. The average Bonchev–Trinajstić information content (AvgIpc) is 2.80. The molecular formula is C24H24FN3O2.